The van der Waals surface area contributed by atoms with E-state index in [1.807, 2.05) is 26.0 Å². The van der Waals surface area contributed by atoms with Crippen LogP contribution in [0.5, 0.6) is 0 Å². The van der Waals surface area contributed by atoms with Gasteiger partial charge < -0.3 is 14.2 Å². The zero-order valence-electron chi connectivity index (χ0n) is 24.3. The van der Waals surface area contributed by atoms with Crippen molar-refractivity contribution in [3.63, 3.8) is 0 Å². The fourth-order valence-electron chi connectivity index (χ4n) is 6.15. The van der Waals surface area contributed by atoms with E-state index in [4.69, 9.17) is 19.2 Å². The molecule has 1 fully saturated rings. The molecule has 5 aromatic rings. The molecule has 0 saturated carbocycles. The number of ether oxygens (including phenoxy) is 3. The average Bonchev–Trinajstić information content (AvgIpc) is 3.65. The van der Waals surface area contributed by atoms with Crippen molar-refractivity contribution in [3.05, 3.63) is 162 Å². The van der Waals surface area contributed by atoms with Crippen molar-refractivity contribution in [2.24, 2.45) is 4.99 Å². The van der Waals surface area contributed by atoms with Crippen molar-refractivity contribution in [2.45, 2.75) is 37.4 Å². The van der Waals surface area contributed by atoms with Gasteiger partial charge in [0.2, 0.25) is 5.90 Å². The van der Waals surface area contributed by atoms with Gasteiger partial charge >= 0.3 is 0 Å². The molecule has 0 unspecified atom stereocenters. The summed E-state index contributed by atoms with van der Waals surface area (Å²) in [5.41, 5.74) is 2.60. The van der Waals surface area contributed by atoms with Crippen molar-refractivity contribution >= 4 is 29.7 Å². The van der Waals surface area contributed by atoms with Crippen molar-refractivity contribution in [1.82, 2.24) is 0 Å². The van der Waals surface area contributed by atoms with Crippen LogP contribution in [-0.4, -0.2) is 24.4 Å². The Kier molecular flexibility index (Phi) is 7.44. The van der Waals surface area contributed by atoms with Crippen LogP contribution < -0.4 is 15.9 Å². The van der Waals surface area contributed by atoms with Crippen molar-refractivity contribution in [2.75, 3.05) is 6.61 Å². The topological polar surface area (TPSA) is 40.0 Å². The van der Waals surface area contributed by atoms with Gasteiger partial charge in [0.1, 0.15) is 18.2 Å². The van der Waals surface area contributed by atoms with Gasteiger partial charge in [0.05, 0.1) is 0 Å². The van der Waals surface area contributed by atoms with Crippen molar-refractivity contribution in [1.29, 1.82) is 0 Å². The second-order valence-electron chi connectivity index (χ2n) is 11.4. The van der Waals surface area contributed by atoms with Crippen LogP contribution in [0.2, 0.25) is 0 Å². The van der Waals surface area contributed by atoms with Crippen LogP contribution >= 0.6 is 7.92 Å². The Morgan fingerprint density at radius 2 is 1.05 bits per heavy atom. The quantitative estimate of drug-likeness (QED) is 0.194. The summed E-state index contributed by atoms with van der Waals surface area (Å²) in [4.78, 5) is 5.37. The lowest BCUT2D eigenvalue weighted by atomic mass is 9.84. The van der Waals surface area contributed by atoms with E-state index in [2.05, 4.69) is 133 Å². The molecule has 2 aliphatic rings. The molecule has 0 spiro atoms. The van der Waals surface area contributed by atoms with Crippen LogP contribution in [0.25, 0.3) is 0 Å². The summed E-state index contributed by atoms with van der Waals surface area (Å²) in [5, 5.41) is 3.81. The number of hydrogen-bond donors (Lipinski definition) is 0. The minimum Gasteiger partial charge on any atom is -0.476 e. The van der Waals surface area contributed by atoms with Gasteiger partial charge in [-0.2, -0.15) is 0 Å². The lowest BCUT2D eigenvalue weighted by Gasteiger charge is -2.26. The normalized spacial score (nSPS) is 20.5. The van der Waals surface area contributed by atoms with E-state index in [1.165, 1.54) is 15.9 Å². The minimum atomic E-state index is -0.852. The summed E-state index contributed by atoms with van der Waals surface area (Å²) in [6.45, 7) is 4.33. The van der Waals surface area contributed by atoms with Gasteiger partial charge in [-0.1, -0.05) is 146 Å². The maximum atomic E-state index is 6.73. The SMILES string of the molecule is CC1(C)O[C@H](C2=NC(c3ccccc3)(c3ccccc3)CO2)[C@@H](c2ccccc2P(c2ccccc2)c2ccccc2)O1. The standard InChI is InChI=1S/C38H34NO3P/c1-37(2)41-34(32-25-15-16-26-33(32)43(30-21-11-5-12-22-30)31-23-13-6-14-24-31)35(42-37)36-39-38(27-40-36,28-17-7-3-8-18-28)29-19-9-4-10-20-29/h3-26,34-35H,27H2,1-2H3/t34-,35+/m1/s1. The molecule has 43 heavy (non-hydrogen) atoms. The van der Waals surface area contributed by atoms with E-state index in [9.17, 15) is 0 Å². The Hall–Kier alpha value is -4.08. The Labute approximate surface area is 254 Å². The van der Waals surface area contributed by atoms with E-state index < -0.39 is 31.5 Å². The Morgan fingerprint density at radius 1 is 0.581 bits per heavy atom. The molecule has 2 aliphatic heterocycles. The van der Waals surface area contributed by atoms with Crippen LogP contribution in [-0.2, 0) is 19.7 Å². The summed E-state index contributed by atoms with van der Waals surface area (Å²) in [6.07, 6.45) is -0.904. The summed E-state index contributed by atoms with van der Waals surface area (Å²) in [7, 11) is -0.852. The van der Waals surface area contributed by atoms with E-state index in [1.54, 1.807) is 0 Å². The zero-order valence-corrected chi connectivity index (χ0v) is 25.2. The maximum absolute atomic E-state index is 6.73. The molecule has 0 N–H and O–H groups in total. The van der Waals surface area contributed by atoms with Gasteiger partial charge in [-0.25, -0.2) is 4.99 Å². The molecule has 4 nitrogen and oxygen atoms in total. The van der Waals surface area contributed by atoms with Crippen LogP contribution in [0.15, 0.2) is 151 Å². The van der Waals surface area contributed by atoms with Crippen molar-refractivity contribution < 1.29 is 14.2 Å². The first-order valence-corrected chi connectivity index (χ1v) is 16.1. The van der Waals surface area contributed by atoms with Gasteiger partial charge in [-0.15, -0.1) is 0 Å². The largest absolute Gasteiger partial charge is 0.476 e. The minimum absolute atomic E-state index is 0.395. The number of aliphatic imine (C=N–C) groups is 1. The highest BCUT2D eigenvalue weighted by Gasteiger charge is 2.51. The summed E-state index contributed by atoms with van der Waals surface area (Å²) in [6, 6.07) is 50.9. The van der Waals surface area contributed by atoms with E-state index >= 15 is 0 Å². The highest BCUT2D eigenvalue weighted by Crippen LogP contribution is 2.46. The first-order valence-electron chi connectivity index (χ1n) is 14.7. The number of benzene rings is 5. The molecule has 5 aromatic carbocycles. The maximum Gasteiger partial charge on any atom is 0.218 e. The Bertz CT molecular complexity index is 1630. The average molecular weight is 584 g/mol. The molecular weight excluding hydrogens is 549 g/mol. The van der Waals surface area contributed by atoms with E-state index in [-0.39, 0.29) is 0 Å². The lowest BCUT2D eigenvalue weighted by molar-refractivity contribution is -0.143. The number of hydrogen-bond acceptors (Lipinski definition) is 4. The Balaban J connectivity index is 1.35. The number of nitrogens with zero attached hydrogens (tertiary/aromatic N) is 1. The second kappa shape index (κ2) is 11.5. The smallest absolute Gasteiger partial charge is 0.218 e. The molecule has 1 saturated heterocycles. The predicted octanol–water partition coefficient (Wildman–Crippen LogP) is 7.01. The monoisotopic (exact) mass is 583 g/mol. The fraction of sp³-hybridized carbons (Fsp3) is 0.184. The van der Waals surface area contributed by atoms with Gasteiger partial charge in [0, 0.05) is 0 Å². The molecule has 214 valence electrons. The van der Waals surface area contributed by atoms with Gasteiger partial charge in [-0.05, 0) is 54.4 Å². The predicted molar refractivity (Wildman–Crippen MR) is 175 cm³/mol. The molecule has 7 rings (SSSR count). The van der Waals surface area contributed by atoms with Gasteiger partial charge in [-0.3, -0.25) is 0 Å². The third-order valence-electron chi connectivity index (χ3n) is 8.09. The summed E-state index contributed by atoms with van der Waals surface area (Å²) < 4.78 is 19.9. The second-order valence-corrected chi connectivity index (χ2v) is 13.6. The molecule has 2 heterocycles. The highest BCUT2D eigenvalue weighted by atomic mass is 31.1. The van der Waals surface area contributed by atoms with E-state index in [0.29, 0.717) is 12.5 Å². The Morgan fingerprint density at radius 3 is 1.60 bits per heavy atom. The van der Waals surface area contributed by atoms with Gasteiger partial charge in [0.15, 0.2) is 11.9 Å². The molecule has 0 bridgehead atoms. The fourth-order valence-corrected chi connectivity index (χ4v) is 8.64. The molecule has 0 aromatic heterocycles. The molecule has 0 amide bonds. The summed E-state index contributed by atoms with van der Waals surface area (Å²) >= 11 is 0. The lowest BCUT2D eigenvalue weighted by Crippen LogP contribution is -2.31. The first-order chi connectivity index (χ1) is 21.0. The third-order valence-corrected chi connectivity index (χ3v) is 10.6. The first kappa shape index (κ1) is 27.7. The van der Waals surface area contributed by atoms with Crippen LogP contribution in [0.1, 0.15) is 36.6 Å². The van der Waals surface area contributed by atoms with Crippen molar-refractivity contribution in [3.8, 4) is 0 Å². The molecular formula is C38H34NO3P. The van der Waals surface area contributed by atoms with Crippen LogP contribution in [0, 0.1) is 0 Å². The van der Waals surface area contributed by atoms with Gasteiger partial charge in [0.25, 0.3) is 0 Å². The highest BCUT2D eigenvalue weighted by molar-refractivity contribution is 7.79. The molecule has 2 atom stereocenters. The molecule has 0 aliphatic carbocycles. The van der Waals surface area contributed by atoms with Crippen LogP contribution in [0.4, 0.5) is 0 Å². The van der Waals surface area contributed by atoms with Crippen LogP contribution in [0.3, 0.4) is 0 Å². The number of rotatable bonds is 7. The third kappa shape index (κ3) is 5.32. The van der Waals surface area contributed by atoms with E-state index in [0.717, 1.165) is 16.7 Å². The zero-order chi connectivity index (χ0) is 29.3. The molecule has 0 radical (unpaired) electrons. The summed E-state index contributed by atoms with van der Waals surface area (Å²) in [5.74, 6) is -0.247. The molecule has 5 heteroatoms.